The number of aliphatic imine (C=N–C) groups is 1. The first-order chi connectivity index (χ1) is 13.5. The number of carbonyl (C=O) groups excluding carboxylic acids is 2. The Morgan fingerprint density at radius 1 is 1.11 bits per heavy atom. The number of thioether (sulfide) groups is 1. The highest BCUT2D eigenvalue weighted by atomic mass is 35.5. The Bertz CT molecular complexity index is 664. The third kappa shape index (κ3) is 7.33. The van der Waals surface area contributed by atoms with Crippen LogP contribution in [0.1, 0.15) is 20.8 Å². The third-order valence-electron chi connectivity index (χ3n) is 3.30. The van der Waals surface area contributed by atoms with E-state index in [0.29, 0.717) is 30.4 Å². The van der Waals surface area contributed by atoms with Gasteiger partial charge in [0, 0.05) is 7.11 Å². The van der Waals surface area contributed by atoms with Gasteiger partial charge in [0.25, 0.3) is 0 Å². The smallest absolute Gasteiger partial charge is 0.327 e. The maximum Gasteiger partial charge on any atom is 0.327 e. The summed E-state index contributed by atoms with van der Waals surface area (Å²) in [5, 5.41) is 0.537. The molecular weight excluding hydrogens is 406 g/mol. The van der Waals surface area contributed by atoms with Crippen LogP contribution in [-0.2, 0) is 23.8 Å². The molecule has 0 spiro atoms. The summed E-state index contributed by atoms with van der Waals surface area (Å²) in [6, 6.07) is 5.11. The van der Waals surface area contributed by atoms with Crippen LogP contribution < -0.4 is 4.74 Å². The quantitative estimate of drug-likeness (QED) is 0.173. The molecule has 0 aliphatic heterocycles. The normalized spacial score (nSPS) is 11.4. The van der Waals surface area contributed by atoms with E-state index in [2.05, 4.69) is 4.99 Å². The van der Waals surface area contributed by atoms with E-state index >= 15 is 0 Å². The predicted molar refractivity (Wildman–Crippen MR) is 111 cm³/mol. The molecular formula is C19H26ClNO6S. The van der Waals surface area contributed by atoms with E-state index in [-0.39, 0.29) is 23.3 Å². The first-order valence-corrected chi connectivity index (χ1v) is 10.3. The number of hydrogen-bond donors (Lipinski definition) is 0. The number of carbonyl (C=O) groups is 2. The van der Waals surface area contributed by atoms with Gasteiger partial charge < -0.3 is 18.9 Å². The Balaban J connectivity index is 3.29. The Hall–Kier alpha value is -1.77. The standard InChI is InChI=1S/C19H26ClNO6S/c1-5-25-18(22)15(19(23)26-6-2)17(28-7-3)21-13-9-8-10-14(16(13)20)27-12-11-24-4/h8-10,15H,5-7,11-12H2,1-4H3/b21-17-. The average Bonchev–Trinajstić information content (AvgIpc) is 2.65. The van der Waals surface area contributed by atoms with Crippen molar-refractivity contribution >= 4 is 46.0 Å². The zero-order chi connectivity index (χ0) is 20.9. The van der Waals surface area contributed by atoms with Crippen LogP contribution in [0, 0.1) is 5.92 Å². The Morgan fingerprint density at radius 3 is 2.29 bits per heavy atom. The summed E-state index contributed by atoms with van der Waals surface area (Å²) in [6.07, 6.45) is 0. The van der Waals surface area contributed by atoms with Crippen molar-refractivity contribution in [2.24, 2.45) is 10.9 Å². The van der Waals surface area contributed by atoms with Gasteiger partial charge in [-0.05, 0) is 31.7 Å². The van der Waals surface area contributed by atoms with Gasteiger partial charge in [0.15, 0.2) is 0 Å². The second kappa shape index (κ2) is 13.4. The van der Waals surface area contributed by atoms with E-state index in [1.54, 1.807) is 39.2 Å². The summed E-state index contributed by atoms with van der Waals surface area (Å²) in [4.78, 5) is 29.3. The topological polar surface area (TPSA) is 83.4 Å². The van der Waals surface area contributed by atoms with Crippen LogP contribution >= 0.6 is 23.4 Å². The lowest BCUT2D eigenvalue weighted by Gasteiger charge is -2.16. The summed E-state index contributed by atoms with van der Waals surface area (Å²) in [5.41, 5.74) is 0.381. The molecule has 0 N–H and O–H groups in total. The van der Waals surface area contributed by atoms with Crippen molar-refractivity contribution in [3.05, 3.63) is 23.2 Å². The van der Waals surface area contributed by atoms with Crippen LogP contribution in [0.25, 0.3) is 0 Å². The molecule has 7 nitrogen and oxygen atoms in total. The van der Waals surface area contributed by atoms with Crippen molar-refractivity contribution in [3.8, 4) is 5.75 Å². The zero-order valence-electron chi connectivity index (χ0n) is 16.5. The molecule has 0 radical (unpaired) electrons. The fourth-order valence-electron chi connectivity index (χ4n) is 2.13. The number of methoxy groups -OCH3 is 1. The van der Waals surface area contributed by atoms with Gasteiger partial charge in [-0.15, -0.1) is 11.8 Å². The van der Waals surface area contributed by atoms with E-state index in [1.807, 2.05) is 6.92 Å². The molecule has 0 unspecified atom stereocenters. The van der Waals surface area contributed by atoms with Crippen LogP contribution in [0.4, 0.5) is 5.69 Å². The SMILES string of the molecule is CCOC(=O)C(C(=O)OCC)/C(=N/c1cccc(OCCOC)c1Cl)SCC. The minimum absolute atomic E-state index is 0.141. The maximum absolute atomic E-state index is 12.4. The molecule has 156 valence electrons. The molecule has 0 heterocycles. The van der Waals surface area contributed by atoms with E-state index in [1.165, 1.54) is 11.8 Å². The van der Waals surface area contributed by atoms with Crippen molar-refractivity contribution in [2.45, 2.75) is 20.8 Å². The summed E-state index contributed by atoms with van der Waals surface area (Å²) in [6.45, 7) is 6.25. The van der Waals surface area contributed by atoms with Crippen molar-refractivity contribution < 1.29 is 28.5 Å². The maximum atomic E-state index is 12.4. The van der Waals surface area contributed by atoms with Crippen LogP contribution in [0.15, 0.2) is 23.2 Å². The molecule has 0 atom stereocenters. The molecule has 0 bridgehead atoms. The van der Waals surface area contributed by atoms with Gasteiger partial charge in [0.05, 0.1) is 30.6 Å². The second-order valence-corrected chi connectivity index (χ2v) is 6.91. The first-order valence-electron chi connectivity index (χ1n) is 8.94. The second-order valence-electron chi connectivity index (χ2n) is 5.25. The number of ether oxygens (including phenoxy) is 4. The van der Waals surface area contributed by atoms with Crippen LogP contribution in [0.2, 0.25) is 5.02 Å². The molecule has 0 amide bonds. The van der Waals surface area contributed by atoms with Crippen LogP contribution in [0.3, 0.4) is 0 Å². The van der Waals surface area contributed by atoms with Gasteiger partial charge in [0.2, 0.25) is 5.92 Å². The largest absolute Gasteiger partial charge is 0.490 e. The highest BCUT2D eigenvalue weighted by Crippen LogP contribution is 2.35. The number of esters is 2. The minimum atomic E-state index is -1.26. The highest BCUT2D eigenvalue weighted by Gasteiger charge is 2.35. The van der Waals surface area contributed by atoms with E-state index in [9.17, 15) is 9.59 Å². The van der Waals surface area contributed by atoms with E-state index < -0.39 is 17.9 Å². The summed E-state index contributed by atoms with van der Waals surface area (Å²) >= 11 is 7.66. The van der Waals surface area contributed by atoms with E-state index in [4.69, 9.17) is 30.5 Å². The van der Waals surface area contributed by atoms with Gasteiger partial charge in [0.1, 0.15) is 17.4 Å². The van der Waals surface area contributed by atoms with Crippen LogP contribution in [-0.4, -0.2) is 56.3 Å². The molecule has 0 saturated carbocycles. The van der Waals surface area contributed by atoms with Crippen molar-refractivity contribution in [1.82, 2.24) is 0 Å². The van der Waals surface area contributed by atoms with Gasteiger partial charge in [-0.25, -0.2) is 4.99 Å². The molecule has 0 aromatic heterocycles. The number of rotatable bonds is 11. The van der Waals surface area contributed by atoms with Crippen molar-refractivity contribution in [2.75, 3.05) is 39.3 Å². The Kier molecular flexibility index (Phi) is 11.6. The molecule has 0 saturated heterocycles. The lowest BCUT2D eigenvalue weighted by Crippen LogP contribution is -2.33. The monoisotopic (exact) mass is 431 g/mol. The predicted octanol–water partition coefficient (Wildman–Crippen LogP) is 3.89. The molecule has 1 aromatic carbocycles. The number of hydrogen-bond acceptors (Lipinski definition) is 8. The molecule has 1 aromatic rings. The highest BCUT2D eigenvalue weighted by molar-refractivity contribution is 8.14. The zero-order valence-corrected chi connectivity index (χ0v) is 18.1. The minimum Gasteiger partial charge on any atom is -0.490 e. The van der Waals surface area contributed by atoms with Crippen molar-refractivity contribution in [3.63, 3.8) is 0 Å². The average molecular weight is 432 g/mol. The van der Waals surface area contributed by atoms with E-state index in [0.717, 1.165) is 0 Å². The van der Waals surface area contributed by atoms with Gasteiger partial charge in [-0.3, -0.25) is 9.59 Å². The molecule has 28 heavy (non-hydrogen) atoms. The molecule has 9 heteroatoms. The fourth-order valence-corrected chi connectivity index (χ4v) is 3.17. The number of benzene rings is 1. The summed E-state index contributed by atoms with van der Waals surface area (Å²) in [5.74, 6) is -1.65. The Labute approximate surface area is 174 Å². The molecule has 0 aliphatic carbocycles. The van der Waals surface area contributed by atoms with Crippen LogP contribution in [0.5, 0.6) is 5.75 Å². The summed E-state index contributed by atoms with van der Waals surface area (Å²) < 4.78 is 20.6. The number of halogens is 1. The lowest BCUT2D eigenvalue weighted by molar-refractivity contribution is -0.157. The third-order valence-corrected chi connectivity index (χ3v) is 4.59. The van der Waals surface area contributed by atoms with Gasteiger partial charge in [-0.2, -0.15) is 0 Å². The first kappa shape index (κ1) is 24.3. The molecule has 0 fully saturated rings. The van der Waals surface area contributed by atoms with Crippen molar-refractivity contribution in [1.29, 1.82) is 0 Å². The molecule has 0 aliphatic rings. The van der Waals surface area contributed by atoms with Gasteiger partial charge in [-0.1, -0.05) is 24.6 Å². The lowest BCUT2D eigenvalue weighted by atomic mass is 10.1. The fraction of sp³-hybridized carbons (Fsp3) is 0.526. The number of nitrogens with zero attached hydrogens (tertiary/aromatic N) is 1. The summed E-state index contributed by atoms with van der Waals surface area (Å²) in [7, 11) is 1.57. The van der Waals surface area contributed by atoms with Gasteiger partial charge >= 0.3 is 11.9 Å². The Morgan fingerprint density at radius 2 is 1.75 bits per heavy atom. The molecule has 1 rings (SSSR count).